The van der Waals surface area contributed by atoms with E-state index in [1.807, 2.05) is 6.92 Å². The number of aromatic nitrogens is 3. The number of hydrogen-bond acceptors (Lipinski definition) is 7. The molecule has 0 radical (unpaired) electrons. The van der Waals surface area contributed by atoms with Crippen molar-refractivity contribution < 1.29 is 14.2 Å². The lowest BCUT2D eigenvalue weighted by Gasteiger charge is -2.24. The van der Waals surface area contributed by atoms with E-state index in [2.05, 4.69) is 14.9 Å². The molecule has 8 heteroatoms. The van der Waals surface area contributed by atoms with Crippen molar-refractivity contribution in [2.24, 2.45) is 0 Å². The molecule has 1 aliphatic heterocycles. The Morgan fingerprint density at radius 3 is 2.70 bits per heavy atom. The molecule has 0 unspecified atom stereocenters. The number of ether oxygens (including phenoxy) is 1. The number of hydrogen-bond donors (Lipinski definition) is 1. The Bertz CT molecular complexity index is 967. The Kier molecular flexibility index (Phi) is 6.24. The molecule has 0 amide bonds. The van der Waals surface area contributed by atoms with Crippen molar-refractivity contribution >= 4 is 17.3 Å². The standard InChI is InChI=1S/C22H25FN4O2S/c1-16-19(8-15-29-18-6-4-17(23)5-7-18)30-20(26-16)22(28)9-2-13-27(14-10-22)21-24-11-3-12-25-21/h3-7,11-12,28H,2,8-10,13-15H2,1H3/t22-/m1/s1. The SMILES string of the molecule is Cc1nc([C@@]2(O)CCCN(c3ncccn3)CC2)sc1CCOc1ccc(F)cc1. The highest BCUT2D eigenvalue weighted by Gasteiger charge is 2.35. The van der Waals surface area contributed by atoms with Gasteiger partial charge in [-0.2, -0.15) is 0 Å². The maximum atomic E-state index is 13.0. The van der Waals surface area contributed by atoms with Crippen LogP contribution >= 0.6 is 11.3 Å². The van der Waals surface area contributed by atoms with Crippen molar-refractivity contribution in [3.05, 3.63) is 64.1 Å². The maximum Gasteiger partial charge on any atom is 0.225 e. The van der Waals surface area contributed by atoms with Gasteiger partial charge in [-0.05, 0) is 50.1 Å². The van der Waals surface area contributed by atoms with Crippen LogP contribution < -0.4 is 9.64 Å². The summed E-state index contributed by atoms with van der Waals surface area (Å²) < 4.78 is 18.7. The Labute approximate surface area is 179 Å². The van der Waals surface area contributed by atoms with Crippen LogP contribution in [0.4, 0.5) is 10.3 Å². The van der Waals surface area contributed by atoms with E-state index in [1.165, 1.54) is 12.1 Å². The van der Waals surface area contributed by atoms with Gasteiger partial charge in [-0.15, -0.1) is 11.3 Å². The van der Waals surface area contributed by atoms with Crippen molar-refractivity contribution in [1.82, 2.24) is 15.0 Å². The molecule has 0 saturated carbocycles. The van der Waals surface area contributed by atoms with Gasteiger partial charge in [0.25, 0.3) is 0 Å². The quantitative estimate of drug-likeness (QED) is 0.643. The highest BCUT2D eigenvalue weighted by Crippen LogP contribution is 2.37. The summed E-state index contributed by atoms with van der Waals surface area (Å²) in [4.78, 5) is 16.6. The molecule has 1 aliphatic rings. The Balaban J connectivity index is 1.39. The van der Waals surface area contributed by atoms with Gasteiger partial charge in [-0.3, -0.25) is 0 Å². The predicted octanol–water partition coefficient (Wildman–Crippen LogP) is 3.88. The van der Waals surface area contributed by atoms with Crippen LogP contribution in [0.2, 0.25) is 0 Å². The third kappa shape index (κ3) is 4.76. The molecule has 3 heterocycles. The van der Waals surface area contributed by atoms with Gasteiger partial charge in [0.05, 0.1) is 12.3 Å². The van der Waals surface area contributed by atoms with E-state index in [4.69, 9.17) is 9.72 Å². The van der Waals surface area contributed by atoms with E-state index in [0.717, 1.165) is 28.5 Å². The minimum absolute atomic E-state index is 0.278. The molecule has 0 aliphatic carbocycles. The molecule has 158 valence electrons. The molecule has 0 spiro atoms. The van der Waals surface area contributed by atoms with Crippen LogP contribution in [0.15, 0.2) is 42.7 Å². The van der Waals surface area contributed by atoms with E-state index in [-0.39, 0.29) is 5.82 Å². The van der Waals surface area contributed by atoms with Crippen LogP contribution in [0.3, 0.4) is 0 Å². The molecule has 1 N–H and O–H groups in total. The highest BCUT2D eigenvalue weighted by molar-refractivity contribution is 7.11. The van der Waals surface area contributed by atoms with E-state index in [9.17, 15) is 9.50 Å². The third-order valence-corrected chi connectivity index (χ3v) is 6.76. The summed E-state index contributed by atoms with van der Waals surface area (Å²) in [5.74, 6) is 1.07. The Morgan fingerprint density at radius 1 is 1.17 bits per heavy atom. The summed E-state index contributed by atoms with van der Waals surface area (Å²) in [5.41, 5.74) is -0.00621. The number of aliphatic hydroxyl groups is 1. The zero-order valence-corrected chi connectivity index (χ0v) is 17.7. The largest absolute Gasteiger partial charge is 0.493 e. The lowest BCUT2D eigenvalue weighted by atomic mass is 9.96. The highest BCUT2D eigenvalue weighted by atomic mass is 32.1. The average Bonchev–Trinajstić information content (AvgIpc) is 3.01. The maximum absolute atomic E-state index is 13.0. The first kappa shape index (κ1) is 20.7. The zero-order chi connectivity index (χ0) is 21.0. The molecule has 2 aromatic heterocycles. The number of nitrogens with zero attached hydrogens (tertiary/aromatic N) is 4. The molecule has 1 atom stereocenters. The number of rotatable bonds is 6. The van der Waals surface area contributed by atoms with Crippen molar-refractivity contribution in [2.45, 2.75) is 38.2 Å². The van der Waals surface area contributed by atoms with Gasteiger partial charge < -0.3 is 14.7 Å². The van der Waals surface area contributed by atoms with Gasteiger partial charge in [0.1, 0.15) is 22.2 Å². The first-order chi connectivity index (χ1) is 14.5. The number of benzene rings is 1. The second-order valence-electron chi connectivity index (χ2n) is 7.50. The molecule has 0 bridgehead atoms. The van der Waals surface area contributed by atoms with E-state index in [1.54, 1.807) is 41.9 Å². The first-order valence-electron chi connectivity index (χ1n) is 10.1. The van der Waals surface area contributed by atoms with Crippen LogP contribution in [0, 0.1) is 12.7 Å². The van der Waals surface area contributed by atoms with E-state index < -0.39 is 5.60 Å². The second-order valence-corrected chi connectivity index (χ2v) is 8.58. The van der Waals surface area contributed by atoms with Gasteiger partial charge >= 0.3 is 0 Å². The normalized spacial score (nSPS) is 19.5. The van der Waals surface area contributed by atoms with Crippen molar-refractivity contribution in [1.29, 1.82) is 0 Å². The van der Waals surface area contributed by atoms with Crippen molar-refractivity contribution in [3.8, 4) is 5.75 Å². The predicted molar refractivity (Wildman–Crippen MR) is 114 cm³/mol. The van der Waals surface area contributed by atoms with Gasteiger partial charge in [0, 0.05) is 43.2 Å². The molecular weight excluding hydrogens is 403 g/mol. The summed E-state index contributed by atoms with van der Waals surface area (Å²) in [6.07, 6.45) is 6.27. The van der Waals surface area contributed by atoms with Crippen LogP contribution in [0.1, 0.15) is 34.8 Å². The third-order valence-electron chi connectivity index (χ3n) is 5.35. The van der Waals surface area contributed by atoms with Crippen LogP contribution in [0.5, 0.6) is 5.75 Å². The topological polar surface area (TPSA) is 71.4 Å². The monoisotopic (exact) mass is 428 g/mol. The molecule has 6 nitrogen and oxygen atoms in total. The molecule has 4 rings (SSSR count). The molecule has 1 saturated heterocycles. The molecule has 1 aromatic carbocycles. The Morgan fingerprint density at radius 2 is 1.93 bits per heavy atom. The minimum atomic E-state index is -0.935. The lowest BCUT2D eigenvalue weighted by molar-refractivity contribution is 0.0241. The summed E-state index contributed by atoms with van der Waals surface area (Å²) in [5, 5.41) is 12.1. The minimum Gasteiger partial charge on any atom is -0.493 e. The van der Waals surface area contributed by atoms with Crippen LogP contribution in [0.25, 0.3) is 0 Å². The first-order valence-corrected chi connectivity index (χ1v) is 10.9. The van der Waals surface area contributed by atoms with Crippen molar-refractivity contribution in [3.63, 3.8) is 0 Å². The lowest BCUT2D eigenvalue weighted by Crippen LogP contribution is -2.30. The fraction of sp³-hybridized carbons (Fsp3) is 0.409. The molecule has 1 fully saturated rings. The smallest absolute Gasteiger partial charge is 0.225 e. The van der Waals surface area contributed by atoms with Crippen LogP contribution in [-0.2, 0) is 12.0 Å². The number of anilines is 1. The van der Waals surface area contributed by atoms with Gasteiger partial charge in [0.15, 0.2) is 0 Å². The van der Waals surface area contributed by atoms with E-state index >= 15 is 0 Å². The Hall–Kier alpha value is -2.58. The van der Waals surface area contributed by atoms with Gasteiger partial charge in [0.2, 0.25) is 5.95 Å². The second kappa shape index (κ2) is 9.06. The molecular formula is C22H25FN4O2S. The average molecular weight is 429 g/mol. The zero-order valence-electron chi connectivity index (χ0n) is 16.9. The van der Waals surface area contributed by atoms with Gasteiger partial charge in [-0.1, -0.05) is 0 Å². The molecule has 3 aromatic rings. The summed E-state index contributed by atoms with van der Waals surface area (Å²) in [6.45, 7) is 3.94. The van der Waals surface area contributed by atoms with Gasteiger partial charge in [-0.25, -0.2) is 19.3 Å². The van der Waals surface area contributed by atoms with E-state index in [0.29, 0.717) is 44.1 Å². The summed E-state index contributed by atoms with van der Waals surface area (Å²) in [6, 6.07) is 7.82. The number of halogens is 1. The van der Waals surface area contributed by atoms with Crippen LogP contribution in [-0.4, -0.2) is 39.8 Å². The van der Waals surface area contributed by atoms with Crippen molar-refractivity contribution in [2.75, 3.05) is 24.6 Å². The molecule has 30 heavy (non-hydrogen) atoms. The summed E-state index contributed by atoms with van der Waals surface area (Å²) >= 11 is 1.56. The number of thiazole rings is 1. The fourth-order valence-corrected chi connectivity index (χ4v) is 4.83. The summed E-state index contributed by atoms with van der Waals surface area (Å²) in [7, 11) is 0. The number of aryl methyl sites for hydroxylation is 1. The fourth-order valence-electron chi connectivity index (χ4n) is 3.64.